The predicted octanol–water partition coefficient (Wildman–Crippen LogP) is 4.99. The molecule has 5 nitrogen and oxygen atoms in total. The Bertz CT molecular complexity index is 1310. The van der Waals surface area contributed by atoms with Gasteiger partial charge in [0.05, 0.1) is 29.8 Å². The van der Waals surface area contributed by atoms with Crippen LogP contribution in [0.15, 0.2) is 79.4 Å². The Labute approximate surface area is 175 Å². The Balaban J connectivity index is 1.73. The van der Waals surface area contributed by atoms with Crippen molar-refractivity contribution in [3.63, 3.8) is 0 Å². The van der Waals surface area contributed by atoms with E-state index in [0.717, 1.165) is 16.5 Å². The van der Waals surface area contributed by atoms with Gasteiger partial charge in [-0.15, -0.1) is 11.8 Å². The molecule has 1 unspecified atom stereocenters. The molecule has 0 fully saturated rings. The van der Waals surface area contributed by atoms with Gasteiger partial charge in [0.2, 0.25) is 5.76 Å². The molecule has 0 saturated carbocycles. The van der Waals surface area contributed by atoms with Crippen LogP contribution in [0, 0.1) is 5.82 Å². The maximum absolute atomic E-state index is 13.8. The molecule has 0 aliphatic carbocycles. The Kier molecular flexibility index (Phi) is 4.47. The van der Waals surface area contributed by atoms with E-state index in [-0.39, 0.29) is 28.8 Å². The standard InChI is InChI=1S/C23H16FNO4S/c1-30-16-7-4-13(5-8-16)20-19-21(26)17-11-14(24)6-9-18(17)29-22(19)23(27)25(20)12-15-3-2-10-28-15/h2-11,20H,12H2,1H3. The molecule has 3 heterocycles. The molecule has 5 rings (SSSR count). The van der Waals surface area contributed by atoms with Crippen molar-refractivity contribution in [1.29, 1.82) is 0 Å². The van der Waals surface area contributed by atoms with Crippen molar-refractivity contribution in [2.24, 2.45) is 0 Å². The molecule has 150 valence electrons. The van der Waals surface area contributed by atoms with Crippen molar-refractivity contribution in [1.82, 2.24) is 4.90 Å². The van der Waals surface area contributed by atoms with Crippen LogP contribution in [0.3, 0.4) is 0 Å². The van der Waals surface area contributed by atoms with E-state index in [1.165, 1.54) is 18.4 Å². The lowest BCUT2D eigenvalue weighted by molar-refractivity contribution is 0.0701. The van der Waals surface area contributed by atoms with E-state index in [9.17, 15) is 14.0 Å². The van der Waals surface area contributed by atoms with Crippen LogP contribution in [0.1, 0.15) is 33.5 Å². The molecule has 1 atom stereocenters. The normalized spacial score (nSPS) is 15.7. The highest BCUT2D eigenvalue weighted by atomic mass is 32.2. The summed E-state index contributed by atoms with van der Waals surface area (Å²) in [6.07, 6.45) is 3.51. The molecule has 1 amide bonds. The molecular formula is C23H16FNO4S. The zero-order chi connectivity index (χ0) is 20.8. The fourth-order valence-electron chi connectivity index (χ4n) is 3.86. The van der Waals surface area contributed by atoms with Gasteiger partial charge in [0.1, 0.15) is 17.2 Å². The van der Waals surface area contributed by atoms with Crippen LogP contribution in [0.2, 0.25) is 0 Å². The zero-order valence-corrected chi connectivity index (χ0v) is 16.7. The smallest absolute Gasteiger partial charge is 0.291 e. The minimum absolute atomic E-state index is 0.00962. The van der Waals surface area contributed by atoms with E-state index in [2.05, 4.69) is 0 Å². The summed E-state index contributed by atoms with van der Waals surface area (Å²) in [7, 11) is 0. The van der Waals surface area contributed by atoms with Gasteiger partial charge in [-0.25, -0.2) is 4.39 Å². The second-order valence-corrected chi connectivity index (χ2v) is 7.88. The highest BCUT2D eigenvalue weighted by Crippen LogP contribution is 2.39. The van der Waals surface area contributed by atoms with Crippen molar-refractivity contribution in [3.05, 3.63) is 99.5 Å². The predicted molar refractivity (Wildman–Crippen MR) is 111 cm³/mol. The number of carbonyl (C=O) groups is 1. The highest BCUT2D eigenvalue weighted by molar-refractivity contribution is 7.98. The average molecular weight is 421 g/mol. The first kappa shape index (κ1) is 18.7. The van der Waals surface area contributed by atoms with E-state index in [1.807, 2.05) is 30.5 Å². The van der Waals surface area contributed by atoms with Crippen LogP contribution < -0.4 is 5.43 Å². The van der Waals surface area contributed by atoms with Crippen LogP contribution >= 0.6 is 11.8 Å². The van der Waals surface area contributed by atoms with Gasteiger partial charge in [-0.3, -0.25) is 9.59 Å². The zero-order valence-electron chi connectivity index (χ0n) is 15.9. The lowest BCUT2D eigenvalue weighted by atomic mass is 9.98. The molecule has 30 heavy (non-hydrogen) atoms. The first-order valence-electron chi connectivity index (χ1n) is 9.30. The van der Waals surface area contributed by atoms with Crippen molar-refractivity contribution in [2.75, 3.05) is 6.26 Å². The number of nitrogens with zero attached hydrogens (tertiary/aromatic N) is 1. The molecule has 7 heteroatoms. The van der Waals surface area contributed by atoms with Gasteiger partial charge in [0.15, 0.2) is 5.43 Å². The van der Waals surface area contributed by atoms with Gasteiger partial charge in [0, 0.05) is 4.90 Å². The highest BCUT2D eigenvalue weighted by Gasteiger charge is 2.43. The summed E-state index contributed by atoms with van der Waals surface area (Å²) in [4.78, 5) is 29.2. The maximum atomic E-state index is 13.8. The van der Waals surface area contributed by atoms with Crippen LogP contribution in [0.25, 0.3) is 11.0 Å². The maximum Gasteiger partial charge on any atom is 0.291 e. The molecule has 0 N–H and O–H groups in total. The molecule has 2 aromatic heterocycles. The Morgan fingerprint density at radius 1 is 1.10 bits per heavy atom. The first-order valence-corrected chi connectivity index (χ1v) is 10.5. The minimum Gasteiger partial charge on any atom is -0.467 e. The summed E-state index contributed by atoms with van der Waals surface area (Å²) in [5.41, 5.74) is 0.779. The number of rotatable bonds is 4. The number of fused-ring (bicyclic) bond motifs is 2. The van der Waals surface area contributed by atoms with Gasteiger partial charge in [-0.2, -0.15) is 0 Å². The second-order valence-electron chi connectivity index (χ2n) is 7.00. The molecule has 1 aliphatic heterocycles. The number of furan rings is 1. The summed E-state index contributed by atoms with van der Waals surface area (Å²) in [6, 6.07) is 14.2. The van der Waals surface area contributed by atoms with Crippen molar-refractivity contribution < 1.29 is 18.0 Å². The fraction of sp³-hybridized carbons (Fsp3) is 0.130. The van der Waals surface area contributed by atoms with E-state index in [1.54, 1.807) is 28.8 Å². The Morgan fingerprint density at radius 3 is 2.60 bits per heavy atom. The summed E-state index contributed by atoms with van der Waals surface area (Å²) in [6.45, 7) is 0.176. The molecular weight excluding hydrogens is 405 g/mol. The topological polar surface area (TPSA) is 63.7 Å². The van der Waals surface area contributed by atoms with Crippen LogP contribution in [0.4, 0.5) is 4.39 Å². The van der Waals surface area contributed by atoms with Crippen molar-refractivity contribution in [2.45, 2.75) is 17.5 Å². The summed E-state index contributed by atoms with van der Waals surface area (Å²) < 4.78 is 25.0. The van der Waals surface area contributed by atoms with Crippen LogP contribution in [0.5, 0.6) is 0 Å². The number of benzene rings is 2. The van der Waals surface area contributed by atoms with Gasteiger partial charge in [-0.1, -0.05) is 12.1 Å². The lowest BCUT2D eigenvalue weighted by Crippen LogP contribution is -2.29. The fourth-order valence-corrected chi connectivity index (χ4v) is 4.27. The van der Waals surface area contributed by atoms with Gasteiger partial charge in [0.25, 0.3) is 5.91 Å². The summed E-state index contributed by atoms with van der Waals surface area (Å²) >= 11 is 1.60. The molecule has 0 spiro atoms. The number of halogens is 1. The summed E-state index contributed by atoms with van der Waals surface area (Å²) in [5.74, 6) is -0.356. The third kappa shape index (κ3) is 2.93. The van der Waals surface area contributed by atoms with Crippen molar-refractivity contribution >= 4 is 28.6 Å². The molecule has 1 aliphatic rings. The number of thioether (sulfide) groups is 1. The van der Waals surface area contributed by atoms with Gasteiger partial charge >= 0.3 is 0 Å². The molecule has 0 radical (unpaired) electrons. The number of amides is 1. The minimum atomic E-state index is -0.655. The number of carbonyl (C=O) groups excluding carboxylic acids is 1. The molecule has 0 bridgehead atoms. The lowest BCUT2D eigenvalue weighted by Gasteiger charge is -2.24. The number of hydrogen-bond donors (Lipinski definition) is 0. The van der Waals surface area contributed by atoms with E-state index >= 15 is 0 Å². The summed E-state index contributed by atoms with van der Waals surface area (Å²) in [5, 5.41) is 0.118. The Hall–Kier alpha value is -3.32. The second kappa shape index (κ2) is 7.18. The SMILES string of the molecule is CSc1ccc(C2c3c(oc4ccc(F)cc4c3=O)C(=O)N2Cc2ccco2)cc1. The van der Waals surface area contributed by atoms with Crippen LogP contribution in [-0.2, 0) is 6.54 Å². The largest absolute Gasteiger partial charge is 0.467 e. The van der Waals surface area contributed by atoms with Gasteiger partial charge in [-0.05, 0) is 54.3 Å². The third-order valence-electron chi connectivity index (χ3n) is 5.27. The van der Waals surface area contributed by atoms with E-state index < -0.39 is 23.2 Å². The number of hydrogen-bond acceptors (Lipinski definition) is 5. The molecule has 4 aromatic rings. The molecule has 0 saturated heterocycles. The first-order chi connectivity index (χ1) is 14.6. The quantitative estimate of drug-likeness (QED) is 0.434. The van der Waals surface area contributed by atoms with E-state index in [4.69, 9.17) is 8.83 Å². The monoisotopic (exact) mass is 421 g/mol. The molecule has 2 aromatic carbocycles. The average Bonchev–Trinajstić information content (AvgIpc) is 3.37. The van der Waals surface area contributed by atoms with Gasteiger partial charge < -0.3 is 13.7 Å². The van der Waals surface area contributed by atoms with Crippen molar-refractivity contribution in [3.8, 4) is 0 Å². The third-order valence-corrected chi connectivity index (χ3v) is 6.01. The van der Waals surface area contributed by atoms with Crippen LogP contribution in [-0.4, -0.2) is 17.1 Å². The van der Waals surface area contributed by atoms with E-state index in [0.29, 0.717) is 5.76 Å². The Morgan fingerprint density at radius 2 is 1.90 bits per heavy atom.